The first kappa shape index (κ1) is 11.2. The third kappa shape index (κ3) is 1.79. The Morgan fingerprint density at radius 2 is 1.86 bits per heavy atom. The first-order valence-corrected chi connectivity index (χ1v) is 5.64. The van der Waals surface area contributed by atoms with E-state index in [-0.39, 0.29) is 16.6 Å². The van der Waals surface area contributed by atoms with Crippen molar-refractivity contribution in [3.8, 4) is 0 Å². The molecule has 6 heteroatoms. The molecule has 0 unspecified atom stereocenters. The molecule has 0 fully saturated rings. The Labute approximate surface area is 82.9 Å². The lowest BCUT2D eigenvalue weighted by Gasteiger charge is -2.07. The van der Waals surface area contributed by atoms with E-state index in [9.17, 15) is 12.3 Å². The van der Waals surface area contributed by atoms with Crippen LogP contribution >= 0.6 is 0 Å². The van der Waals surface area contributed by atoms with Gasteiger partial charge in [0.25, 0.3) is 0 Å². The molecule has 1 heterocycles. The van der Waals surface area contributed by atoms with E-state index in [0.717, 1.165) is 0 Å². The van der Waals surface area contributed by atoms with Crippen LogP contribution < -0.4 is 0 Å². The summed E-state index contributed by atoms with van der Waals surface area (Å²) in [5.74, 6) is 0. The maximum atomic E-state index is 12.8. The molecular weight excluding hydrogens is 207 g/mol. The number of aryl methyl sites for hydroxylation is 1. The van der Waals surface area contributed by atoms with E-state index in [4.69, 9.17) is 0 Å². The second-order valence-corrected chi connectivity index (χ2v) is 4.76. The molecule has 0 N–H and O–H groups in total. The molecule has 0 aliphatic carbocycles. The summed E-state index contributed by atoms with van der Waals surface area (Å²) < 4.78 is 35.9. The number of rotatable bonds is 2. The summed E-state index contributed by atoms with van der Waals surface area (Å²) in [5.41, 5.74) is 0.554. The van der Waals surface area contributed by atoms with Gasteiger partial charge < -0.3 is 0 Å². The van der Waals surface area contributed by atoms with Gasteiger partial charge >= 0.3 is 10.2 Å². The molecule has 1 rings (SSSR count). The lowest BCUT2D eigenvalue weighted by molar-refractivity contribution is 0.513. The summed E-state index contributed by atoms with van der Waals surface area (Å²) in [7, 11) is -4.66. The Morgan fingerprint density at radius 1 is 1.36 bits per heavy atom. The second-order valence-electron chi connectivity index (χ2n) is 3.48. The van der Waals surface area contributed by atoms with Gasteiger partial charge in [0.05, 0.1) is 11.4 Å². The smallest absolute Gasteiger partial charge is 0.266 e. The molecule has 1 aromatic heterocycles. The number of aromatic nitrogens is 2. The normalized spacial score (nSPS) is 12.4. The number of hydrogen-bond acceptors (Lipinski definition) is 3. The zero-order valence-corrected chi connectivity index (χ0v) is 9.39. The van der Waals surface area contributed by atoms with Gasteiger partial charge in [-0.05, 0) is 27.7 Å². The average Bonchev–Trinajstić information content (AvgIpc) is 2.24. The van der Waals surface area contributed by atoms with Gasteiger partial charge in [-0.3, -0.25) is 4.68 Å². The fourth-order valence-corrected chi connectivity index (χ4v) is 2.34. The van der Waals surface area contributed by atoms with Crippen molar-refractivity contribution in [3.05, 3.63) is 11.4 Å². The predicted molar refractivity (Wildman–Crippen MR) is 50.4 cm³/mol. The molecule has 0 aliphatic rings. The quantitative estimate of drug-likeness (QED) is 0.713. The summed E-state index contributed by atoms with van der Waals surface area (Å²) in [6.07, 6.45) is 0. The molecule has 0 aromatic carbocycles. The van der Waals surface area contributed by atoms with Crippen LogP contribution in [0.1, 0.15) is 31.3 Å². The Balaban J connectivity index is 3.48. The van der Waals surface area contributed by atoms with E-state index in [0.29, 0.717) is 5.69 Å². The van der Waals surface area contributed by atoms with Crippen LogP contribution in [-0.2, 0) is 10.2 Å². The minimum atomic E-state index is -4.66. The highest BCUT2D eigenvalue weighted by molar-refractivity contribution is 7.86. The molecular formula is C8H13FN2O2S. The topological polar surface area (TPSA) is 52.0 Å². The summed E-state index contributed by atoms with van der Waals surface area (Å²) in [4.78, 5) is -0.300. The summed E-state index contributed by atoms with van der Waals surface area (Å²) in [6, 6.07) is 0.0178. The molecule has 1 aromatic rings. The van der Waals surface area contributed by atoms with Crippen molar-refractivity contribution < 1.29 is 12.3 Å². The first-order chi connectivity index (χ1) is 6.25. The first-order valence-electron chi connectivity index (χ1n) is 4.25. The van der Waals surface area contributed by atoms with Gasteiger partial charge in [0.1, 0.15) is 4.90 Å². The van der Waals surface area contributed by atoms with Crippen molar-refractivity contribution in [1.82, 2.24) is 9.78 Å². The Morgan fingerprint density at radius 3 is 2.07 bits per heavy atom. The van der Waals surface area contributed by atoms with Gasteiger partial charge in [0.2, 0.25) is 0 Å². The highest BCUT2D eigenvalue weighted by atomic mass is 32.3. The lowest BCUT2D eigenvalue weighted by Crippen LogP contribution is -2.05. The average molecular weight is 220 g/mol. The van der Waals surface area contributed by atoms with E-state index in [1.165, 1.54) is 11.6 Å². The molecule has 0 spiro atoms. The summed E-state index contributed by atoms with van der Waals surface area (Å²) in [5, 5.41) is 3.97. The fourth-order valence-electron chi connectivity index (χ4n) is 1.50. The van der Waals surface area contributed by atoms with Crippen molar-refractivity contribution in [3.63, 3.8) is 0 Å². The fraction of sp³-hybridized carbons (Fsp3) is 0.625. The molecule has 4 nitrogen and oxygen atoms in total. The minimum Gasteiger partial charge on any atom is -0.266 e. The van der Waals surface area contributed by atoms with Gasteiger partial charge in [-0.15, -0.1) is 3.89 Å². The van der Waals surface area contributed by atoms with Crippen molar-refractivity contribution in [2.45, 2.75) is 38.6 Å². The highest BCUT2D eigenvalue weighted by Crippen LogP contribution is 2.23. The zero-order chi connectivity index (χ0) is 11.1. The Hall–Kier alpha value is -0.910. The number of halogens is 1. The maximum absolute atomic E-state index is 12.8. The molecule has 0 radical (unpaired) electrons. The third-order valence-corrected chi connectivity index (χ3v) is 3.07. The third-order valence-electron chi connectivity index (χ3n) is 1.99. The lowest BCUT2D eigenvalue weighted by atomic mass is 10.3. The standard InChI is InChI=1S/C8H13FN2O2S/c1-5(2)11-7(4)8(6(3)10-11)14(9,12)13/h5H,1-4H3. The van der Waals surface area contributed by atoms with Gasteiger partial charge in [-0.25, -0.2) is 0 Å². The van der Waals surface area contributed by atoms with E-state index in [2.05, 4.69) is 5.10 Å². The molecule has 0 aliphatic heterocycles. The van der Waals surface area contributed by atoms with Crippen LogP contribution in [0.2, 0.25) is 0 Å². The van der Waals surface area contributed by atoms with Crippen LogP contribution in [-0.4, -0.2) is 18.2 Å². The van der Waals surface area contributed by atoms with E-state index >= 15 is 0 Å². The maximum Gasteiger partial charge on any atom is 0.335 e. The molecule has 0 bridgehead atoms. The SMILES string of the molecule is Cc1nn(C(C)C)c(C)c1S(=O)(=O)F. The molecule has 0 atom stereocenters. The van der Waals surface area contributed by atoms with Crippen LogP contribution in [0.4, 0.5) is 3.89 Å². The van der Waals surface area contributed by atoms with Gasteiger partial charge in [0, 0.05) is 6.04 Å². The van der Waals surface area contributed by atoms with E-state index in [1.807, 2.05) is 13.8 Å². The van der Waals surface area contributed by atoms with Gasteiger partial charge in [0.15, 0.2) is 0 Å². The molecule has 14 heavy (non-hydrogen) atoms. The molecule has 80 valence electrons. The predicted octanol–water partition coefficient (Wildman–Crippen LogP) is 1.74. The minimum absolute atomic E-state index is 0.0178. The number of nitrogens with zero attached hydrogens (tertiary/aromatic N) is 2. The second kappa shape index (κ2) is 3.34. The van der Waals surface area contributed by atoms with Gasteiger partial charge in [-0.2, -0.15) is 13.5 Å². The Bertz CT molecular complexity index is 448. The van der Waals surface area contributed by atoms with Crippen LogP contribution in [0.25, 0.3) is 0 Å². The van der Waals surface area contributed by atoms with Crippen LogP contribution in [0.15, 0.2) is 4.90 Å². The van der Waals surface area contributed by atoms with Crippen LogP contribution in [0, 0.1) is 13.8 Å². The summed E-state index contributed by atoms with van der Waals surface area (Å²) in [6.45, 7) is 6.74. The van der Waals surface area contributed by atoms with Crippen molar-refractivity contribution >= 4 is 10.2 Å². The van der Waals surface area contributed by atoms with Crippen molar-refractivity contribution in [1.29, 1.82) is 0 Å². The largest absolute Gasteiger partial charge is 0.335 e. The number of hydrogen-bond donors (Lipinski definition) is 0. The van der Waals surface area contributed by atoms with Crippen LogP contribution in [0.5, 0.6) is 0 Å². The van der Waals surface area contributed by atoms with E-state index in [1.54, 1.807) is 6.92 Å². The monoisotopic (exact) mass is 220 g/mol. The molecule has 0 amide bonds. The Kier molecular flexibility index (Phi) is 2.67. The van der Waals surface area contributed by atoms with E-state index < -0.39 is 10.2 Å². The van der Waals surface area contributed by atoms with Crippen molar-refractivity contribution in [2.24, 2.45) is 0 Å². The zero-order valence-electron chi connectivity index (χ0n) is 8.57. The molecule has 0 saturated carbocycles. The summed E-state index contributed by atoms with van der Waals surface area (Å²) >= 11 is 0. The highest BCUT2D eigenvalue weighted by Gasteiger charge is 2.24. The van der Waals surface area contributed by atoms with Crippen LogP contribution in [0.3, 0.4) is 0 Å². The van der Waals surface area contributed by atoms with Gasteiger partial charge in [-0.1, -0.05) is 0 Å². The molecule has 0 saturated heterocycles. The van der Waals surface area contributed by atoms with Crippen molar-refractivity contribution in [2.75, 3.05) is 0 Å².